The fourth-order valence-corrected chi connectivity index (χ4v) is 7.14. The molecule has 236 valence electrons. The maximum absolute atomic E-state index is 6.96. The van der Waals surface area contributed by atoms with Crippen LogP contribution in [0.15, 0.2) is 124 Å². The number of hydrogen-bond donors (Lipinski definition) is 1. The Labute approximate surface area is 292 Å². The topological polar surface area (TPSA) is 77.4 Å². The van der Waals surface area contributed by atoms with Crippen LogP contribution in [0.3, 0.4) is 0 Å². The molecule has 0 radical (unpaired) electrons. The molecule has 10 heteroatoms. The normalized spacial score (nSPS) is 18.3. The third kappa shape index (κ3) is 6.32. The second-order valence-corrected chi connectivity index (χ2v) is 13.1. The van der Waals surface area contributed by atoms with Gasteiger partial charge in [-0.25, -0.2) is 0 Å². The van der Waals surface area contributed by atoms with Crippen LogP contribution in [0.1, 0.15) is 41.5 Å². The molecule has 47 heavy (non-hydrogen) atoms. The molecular formula is C37H28Cl4N4O2. The number of allylic oxidation sites excluding steroid dienone is 1. The molecule has 0 saturated heterocycles. The summed E-state index contributed by atoms with van der Waals surface area (Å²) >= 11 is 26.2. The summed E-state index contributed by atoms with van der Waals surface area (Å²) in [6.07, 6.45) is 2.02. The van der Waals surface area contributed by atoms with E-state index in [0.29, 0.717) is 50.3 Å². The van der Waals surface area contributed by atoms with E-state index in [2.05, 4.69) is 29.1 Å². The van der Waals surface area contributed by atoms with Crippen molar-refractivity contribution >= 4 is 58.1 Å². The van der Waals surface area contributed by atoms with Crippen molar-refractivity contribution in [1.82, 2.24) is 15.0 Å². The van der Waals surface area contributed by atoms with Gasteiger partial charge in [0, 0.05) is 56.3 Å². The van der Waals surface area contributed by atoms with Crippen LogP contribution in [-0.4, -0.2) is 28.1 Å². The number of hydrogen-bond acceptors (Lipinski definition) is 6. The second-order valence-electron chi connectivity index (χ2n) is 11.4. The molecule has 5 aromatic rings. The molecule has 0 amide bonds. The van der Waals surface area contributed by atoms with Crippen molar-refractivity contribution in [3.8, 4) is 11.4 Å². The lowest BCUT2D eigenvalue weighted by molar-refractivity contribution is 0.203. The lowest BCUT2D eigenvalue weighted by atomic mass is 9.79. The Morgan fingerprint density at radius 3 is 2.23 bits per heavy atom. The van der Waals surface area contributed by atoms with E-state index in [1.54, 1.807) is 12.1 Å². The summed E-state index contributed by atoms with van der Waals surface area (Å²) in [7, 11) is 0. The van der Waals surface area contributed by atoms with Crippen molar-refractivity contribution in [3.63, 3.8) is 0 Å². The highest BCUT2D eigenvalue weighted by molar-refractivity contribution is 6.36. The minimum absolute atomic E-state index is 0.0514. The van der Waals surface area contributed by atoms with Crippen LogP contribution < -0.4 is 5.73 Å². The van der Waals surface area contributed by atoms with Crippen molar-refractivity contribution < 1.29 is 9.26 Å². The summed E-state index contributed by atoms with van der Waals surface area (Å²) in [5.74, 6) is 0.960. The summed E-state index contributed by atoms with van der Waals surface area (Å²) in [5.41, 5.74) is 12.7. The number of aromatic nitrogens is 2. The van der Waals surface area contributed by atoms with E-state index < -0.39 is 5.92 Å². The Morgan fingerprint density at radius 1 is 0.851 bits per heavy atom. The van der Waals surface area contributed by atoms with Gasteiger partial charge in [0.25, 0.3) is 5.89 Å². The monoisotopic (exact) mass is 700 g/mol. The smallest absolute Gasteiger partial charge is 0.260 e. The Kier molecular flexibility index (Phi) is 8.88. The van der Waals surface area contributed by atoms with Crippen LogP contribution in [0, 0.1) is 0 Å². The molecule has 1 aromatic heterocycles. The van der Waals surface area contributed by atoms with E-state index in [1.807, 2.05) is 78.9 Å². The molecule has 0 fully saturated rings. The van der Waals surface area contributed by atoms with Crippen molar-refractivity contribution in [2.45, 2.75) is 18.9 Å². The first-order chi connectivity index (χ1) is 22.8. The fraction of sp³-hybridized carbons (Fsp3) is 0.135. The molecule has 0 aliphatic carbocycles. The average molecular weight is 702 g/mol. The van der Waals surface area contributed by atoms with Crippen LogP contribution in [0.5, 0.6) is 0 Å². The molecule has 0 spiro atoms. The van der Waals surface area contributed by atoms with E-state index in [9.17, 15) is 0 Å². The number of ether oxygens (including phenoxy) is 1. The van der Waals surface area contributed by atoms with Crippen LogP contribution in [-0.2, 0) is 4.74 Å². The Balaban J connectivity index is 1.42. The van der Waals surface area contributed by atoms with Gasteiger partial charge in [-0.3, -0.25) is 4.90 Å². The lowest BCUT2D eigenvalue weighted by Crippen LogP contribution is -2.39. The average Bonchev–Trinajstić information content (AvgIpc) is 3.56. The molecule has 2 atom stereocenters. The minimum atomic E-state index is -0.498. The maximum Gasteiger partial charge on any atom is 0.260 e. The van der Waals surface area contributed by atoms with Crippen molar-refractivity contribution in [2.24, 2.45) is 5.73 Å². The van der Waals surface area contributed by atoms with E-state index >= 15 is 0 Å². The van der Waals surface area contributed by atoms with E-state index in [4.69, 9.17) is 66.4 Å². The third-order valence-corrected chi connectivity index (χ3v) is 9.65. The van der Waals surface area contributed by atoms with Crippen LogP contribution >= 0.6 is 46.4 Å². The molecule has 3 heterocycles. The van der Waals surface area contributed by atoms with E-state index in [0.717, 1.165) is 27.8 Å². The van der Waals surface area contributed by atoms with E-state index in [1.165, 1.54) is 5.56 Å². The largest absolute Gasteiger partial charge is 0.441 e. The van der Waals surface area contributed by atoms with Gasteiger partial charge in [0.05, 0.1) is 5.57 Å². The van der Waals surface area contributed by atoms with Crippen LogP contribution in [0.25, 0.3) is 23.0 Å². The minimum Gasteiger partial charge on any atom is -0.441 e. The Morgan fingerprint density at radius 2 is 1.53 bits per heavy atom. The third-order valence-electron chi connectivity index (χ3n) is 8.53. The van der Waals surface area contributed by atoms with Crippen LogP contribution in [0.2, 0.25) is 20.1 Å². The van der Waals surface area contributed by atoms with Gasteiger partial charge >= 0.3 is 0 Å². The second kappa shape index (κ2) is 13.2. The molecular weight excluding hydrogens is 674 g/mol. The Hall–Kier alpha value is -4.04. The molecule has 0 bridgehead atoms. The highest BCUT2D eigenvalue weighted by Gasteiger charge is 2.42. The van der Waals surface area contributed by atoms with Gasteiger partial charge in [0.1, 0.15) is 5.76 Å². The molecule has 2 N–H and O–H groups in total. The Bertz CT molecular complexity index is 2060. The van der Waals surface area contributed by atoms with Gasteiger partial charge in [-0.1, -0.05) is 124 Å². The SMILES string of the molecule is C[C@H](c1ccccc1)N1CC2=C(OC(N)=C(c3nc(-c4ccccc4)no3)C2c2ccc(Cl)cc2Cl)/C(=C/c2ccc(Cl)cc2Cl)C1. The summed E-state index contributed by atoms with van der Waals surface area (Å²) < 4.78 is 12.4. The molecule has 7 rings (SSSR count). The number of halogens is 4. The molecule has 0 saturated carbocycles. The fourth-order valence-electron chi connectivity index (χ4n) is 6.16. The molecule has 6 nitrogen and oxygen atoms in total. The lowest BCUT2D eigenvalue weighted by Gasteiger charge is -2.41. The first-order valence-electron chi connectivity index (χ1n) is 15.0. The number of nitrogens with two attached hydrogens (primary N) is 1. The highest BCUT2D eigenvalue weighted by Crippen LogP contribution is 2.50. The molecule has 1 unspecified atom stereocenters. The zero-order valence-corrected chi connectivity index (χ0v) is 28.2. The van der Waals surface area contributed by atoms with E-state index in [-0.39, 0.29) is 17.8 Å². The molecule has 4 aromatic carbocycles. The molecule has 2 aliphatic heterocycles. The standard InChI is InChI=1S/C37H28Cl4N4O2/c1-21(22-8-4-2-5-9-22)45-19-25(16-24-12-13-26(38)17-30(24)40)34-29(20-45)32(28-15-14-27(39)18-31(28)41)33(35(42)46-34)37-43-36(44-47-37)23-10-6-3-7-11-23/h2-18,21,32H,19-20,42H2,1H3/b25-16+/t21-,32?/m1/s1. The highest BCUT2D eigenvalue weighted by atomic mass is 35.5. The first kappa shape index (κ1) is 31.6. The summed E-state index contributed by atoms with van der Waals surface area (Å²) in [4.78, 5) is 7.16. The number of benzene rings is 4. The van der Waals surface area contributed by atoms with Crippen molar-refractivity contribution in [3.05, 3.63) is 163 Å². The maximum atomic E-state index is 6.96. The molecule has 2 aliphatic rings. The predicted molar refractivity (Wildman–Crippen MR) is 189 cm³/mol. The van der Waals surface area contributed by atoms with Gasteiger partial charge in [-0.2, -0.15) is 4.98 Å². The van der Waals surface area contributed by atoms with Crippen LogP contribution in [0.4, 0.5) is 0 Å². The summed E-state index contributed by atoms with van der Waals surface area (Å²) in [5, 5.41) is 6.36. The summed E-state index contributed by atoms with van der Waals surface area (Å²) in [6, 6.07) is 30.9. The first-order valence-corrected chi connectivity index (χ1v) is 16.5. The number of rotatable bonds is 6. The van der Waals surface area contributed by atoms with Gasteiger partial charge in [-0.15, -0.1) is 0 Å². The van der Waals surface area contributed by atoms with Gasteiger partial charge in [0.15, 0.2) is 0 Å². The zero-order chi connectivity index (χ0) is 32.7. The van der Waals surface area contributed by atoms with Gasteiger partial charge in [0.2, 0.25) is 11.7 Å². The zero-order valence-electron chi connectivity index (χ0n) is 25.1. The quantitative estimate of drug-likeness (QED) is 0.190. The van der Waals surface area contributed by atoms with Gasteiger partial charge < -0.3 is 15.0 Å². The van der Waals surface area contributed by atoms with Crippen molar-refractivity contribution in [2.75, 3.05) is 13.1 Å². The van der Waals surface area contributed by atoms with Gasteiger partial charge in [-0.05, 0) is 59.5 Å². The number of nitrogens with zero attached hydrogens (tertiary/aromatic N) is 3. The summed E-state index contributed by atoms with van der Waals surface area (Å²) in [6.45, 7) is 3.30. The predicted octanol–water partition coefficient (Wildman–Crippen LogP) is 10.2. The van der Waals surface area contributed by atoms with Crippen molar-refractivity contribution in [1.29, 1.82) is 0 Å².